The van der Waals surface area contributed by atoms with Crippen molar-refractivity contribution in [3.63, 3.8) is 0 Å². The number of halogens is 2. The van der Waals surface area contributed by atoms with Crippen molar-refractivity contribution < 1.29 is 22.3 Å². The van der Waals surface area contributed by atoms with Gasteiger partial charge in [0.05, 0.1) is 17.9 Å². The van der Waals surface area contributed by atoms with E-state index in [0.717, 1.165) is 13.4 Å². The van der Waals surface area contributed by atoms with Crippen LogP contribution >= 0.6 is 31.0 Å². The molecule has 0 bridgehead atoms. The zero-order valence-electron chi connectivity index (χ0n) is 8.64. The standard InChI is InChI=1S/C7H11Cl2O5PS/c1-3-6(16-11)4-13-15(10,12-2)14-5-7(8)9/h5H,3-4H2,1-2H3. The molecular formula is C7H11Cl2O5PS. The summed E-state index contributed by atoms with van der Waals surface area (Å²) in [5, 5.41) is 0. The molecule has 94 valence electrons. The van der Waals surface area contributed by atoms with Crippen LogP contribution in [0.3, 0.4) is 0 Å². The predicted molar refractivity (Wildman–Crippen MR) is 64.9 cm³/mol. The minimum absolute atomic E-state index is 0.121. The fourth-order valence-corrected chi connectivity index (χ4v) is 1.89. The molecule has 16 heavy (non-hydrogen) atoms. The molecule has 1 unspecified atom stereocenters. The molecule has 0 N–H and O–H groups in total. The van der Waals surface area contributed by atoms with Crippen LogP contribution in [0, 0.1) is 0 Å². The molecule has 0 aromatic rings. The first kappa shape index (κ1) is 16.2. The minimum atomic E-state index is -3.75. The molecule has 0 aromatic carbocycles. The van der Waals surface area contributed by atoms with E-state index in [9.17, 15) is 8.77 Å². The first-order valence-corrected chi connectivity index (χ1v) is 7.07. The number of hydrogen-bond donors (Lipinski definition) is 0. The van der Waals surface area contributed by atoms with Crippen LogP contribution in [-0.4, -0.2) is 22.8 Å². The lowest BCUT2D eigenvalue weighted by molar-refractivity contribution is 0.183. The fraction of sp³-hybridized carbons (Fsp3) is 0.571. The number of phosphoric ester groups is 1. The van der Waals surface area contributed by atoms with Gasteiger partial charge in [0.15, 0.2) is 0 Å². The highest BCUT2D eigenvalue weighted by molar-refractivity contribution is 7.66. The van der Waals surface area contributed by atoms with Gasteiger partial charge in [-0.2, -0.15) is 0 Å². The summed E-state index contributed by atoms with van der Waals surface area (Å²) in [6.07, 6.45) is 1.34. The van der Waals surface area contributed by atoms with Crippen molar-refractivity contribution in [2.24, 2.45) is 0 Å². The number of rotatable bonds is 7. The minimum Gasteiger partial charge on any atom is -0.409 e. The maximum absolute atomic E-state index is 11.7. The van der Waals surface area contributed by atoms with Gasteiger partial charge in [0.1, 0.15) is 10.8 Å². The summed E-state index contributed by atoms with van der Waals surface area (Å²) in [7, 11) is -2.61. The van der Waals surface area contributed by atoms with Gasteiger partial charge < -0.3 is 4.52 Å². The molecule has 0 amide bonds. The topological polar surface area (TPSA) is 61.8 Å². The molecule has 9 heteroatoms. The Kier molecular flexibility index (Phi) is 8.36. The summed E-state index contributed by atoms with van der Waals surface area (Å²) in [4.78, 5) is 0.474. The van der Waals surface area contributed by atoms with Crippen molar-refractivity contribution in [1.29, 1.82) is 0 Å². The monoisotopic (exact) mass is 308 g/mol. The molecule has 0 fully saturated rings. The molecule has 0 saturated carbocycles. The lowest BCUT2D eigenvalue weighted by Gasteiger charge is -2.13. The largest absolute Gasteiger partial charge is 0.529 e. The summed E-state index contributed by atoms with van der Waals surface area (Å²) in [5.74, 6) is 0. The zero-order chi connectivity index (χ0) is 12.6. The second-order valence-electron chi connectivity index (χ2n) is 2.39. The van der Waals surface area contributed by atoms with E-state index in [1.165, 1.54) is 0 Å². The van der Waals surface area contributed by atoms with Crippen molar-refractivity contribution in [2.75, 3.05) is 13.7 Å². The average molecular weight is 309 g/mol. The van der Waals surface area contributed by atoms with Crippen LogP contribution in [-0.2, 0) is 29.4 Å². The third-order valence-electron chi connectivity index (χ3n) is 1.39. The van der Waals surface area contributed by atoms with Crippen molar-refractivity contribution in [2.45, 2.75) is 13.3 Å². The van der Waals surface area contributed by atoms with E-state index >= 15 is 0 Å². The molecular weight excluding hydrogens is 298 g/mol. The quantitative estimate of drug-likeness (QED) is 0.411. The van der Waals surface area contributed by atoms with Crippen LogP contribution in [0.5, 0.6) is 0 Å². The van der Waals surface area contributed by atoms with Crippen LogP contribution in [0.25, 0.3) is 0 Å². The normalized spacial score (nSPS) is 13.8. The Morgan fingerprint density at radius 2 is 2.12 bits per heavy atom. The van der Waals surface area contributed by atoms with Crippen LogP contribution in [0.2, 0.25) is 0 Å². The Hall–Kier alpha value is 0.160. The lowest BCUT2D eigenvalue weighted by Crippen LogP contribution is -2.07. The van der Waals surface area contributed by atoms with Crippen LogP contribution in [0.15, 0.2) is 10.8 Å². The first-order chi connectivity index (χ1) is 7.47. The molecule has 0 aliphatic carbocycles. The predicted octanol–water partition coefficient (Wildman–Crippen LogP) is 2.85. The summed E-state index contributed by atoms with van der Waals surface area (Å²) >= 11 is 10.8. The Morgan fingerprint density at radius 3 is 2.50 bits per heavy atom. The molecule has 0 heterocycles. The molecule has 0 aliphatic heterocycles. The maximum atomic E-state index is 11.7. The van der Waals surface area contributed by atoms with E-state index in [1.807, 2.05) is 0 Å². The van der Waals surface area contributed by atoms with Gasteiger partial charge in [0.25, 0.3) is 0 Å². The van der Waals surface area contributed by atoms with Crippen molar-refractivity contribution in [3.05, 3.63) is 10.8 Å². The Labute approximate surface area is 107 Å². The summed E-state index contributed by atoms with van der Waals surface area (Å²) < 4.78 is 36.0. The van der Waals surface area contributed by atoms with Gasteiger partial charge in [0, 0.05) is 12.0 Å². The molecule has 0 aliphatic rings. The van der Waals surface area contributed by atoms with Crippen LogP contribution in [0.4, 0.5) is 0 Å². The third kappa shape index (κ3) is 6.68. The Bertz CT molecular complexity index is 349. The van der Waals surface area contributed by atoms with Gasteiger partial charge in [-0.3, -0.25) is 9.05 Å². The number of phosphoric acid groups is 1. The number of hydrogen-bond acceptors (Lipinski definition) is 5. The van der Waals surface area contributed by atoms with Gasteiger partial charge >= 0.3 is 7.82 Å². The highest BCUT2D eigenvalue weighted by Crippen LogP contribution is 2.49. The van der Waals surface area contributed by atoms with E-state index in [4.69, 9.17) is 27.7 Å². The summed E-state index contributed by atoms with van der Waals surface area (Å²) in [6, 6.07) is 0. The maximum Gasteiger partial charge on any atom is 0.529 e. The van der Waals surface area contributed by atoms with Gasteiger partial charge in [-0.25, -0.2) is 8.77 Å². The molecule has 0 rings (SSSR count). The van der Waals surface area contributed by atoms with Crippen molar-refractivity contribution in [3.8, 4) is 0 Å². The second-order valence-corrected chi connectivity index (χ2v) is 5.87. The van der Waals surface area contributed by atoms with Crippen molar-refractivity contribution >= 4 is 47.1 Å². The molecule has 0 saturated heterocycles. The first-order valence-electron chi connectivity index (χ1n) is 4.11. The summed E-state index contributed by atoms with van der Waals surface area (Å²) in [5.41, 5.74) is 0. The van der Waals surface area contributed by atoms with E-state index in [1.54, 1.807) is 6.92 Å². The van der Waals surface area contributed by atoms with E-state index in [-0.39, 0.29) is 22.4 Å². The zero-order valence-corrected chi connectivity index (χ0v) is 11.9. The fourth-order valence-electron chi connectivity index (χ4n) is 0.567. The SMILES string of the molecule is CCC(COP(=O)(OC)OC=C(Cl)Cl)=S=O. The Balaban J connectivity index is 4.44. The molecule has 1 atom stereocenters. The van der Waals surface area contributed by atoms with Crippen LogP contribution in [0.1, 0.15) is 13.3 Å². The highest BCUT2D eigenvalue weighted by atomic mass is 35.5. The lowest BCUT2D eigenvalue weighted by atomic mass is 10.4. The van der Waals surface area contributed by atoms with Crippen LogP contribution < -0.4 is 0 Å². The molecule has 0 aromatic heterocycles. The van der Waals surface area contributed by atoms with E-state index < -0.39 is 7.82 Å². The average Bonchev–Trinajstić information content (AvgIpc) is 2.28. The second kappa shape index (κ2) is 8.28. The molecule has 5 nitrogen and oxygen atoms in total. The van der Waals surface area contributed by atoms with E-state index in [0.29, 0.717) is 11.3 Å². The van der Waals surface area contributed by atoms with Crippen molar-refractivity contribution in [1.82, 2.24) is 0 Å². The smallest absolute Gasteiger partial charge is 0.409 e. The van der Waals surface area contributed by atoms with Gasteiger partial charge in [-0.05, 0) is 6.42 Å². The molecule has 0 radical (unpaired) electrons. The van der Waals surface area contributed by atoms with Gasteiger partial charge in [-0.15, -0.1) is 0 Å². The highest BCUT2D eigenvalue weighted by Gasteiger charge is 2.25. The third-order valence-corrected chi connectivity index (χ3v) is 3.47. The van der Waals surface area contributed by atoms with E-state index in [2.05, 4.69) is 9.05 Å². The van der Waals surface area contributed by atoms with Gasteiger partial charge in [0.2, 0.25) is 0 Å². The summed E-state index contributed by atoms with van der Waals surface area (Å²) in [6.45, 7) is 1.65. The van der Waals surface area contributed by atoms with Gasteiger partial charge in [-0.1, -0.05) is 30.1 Å². The Morgan fingerprint density at radius 1 is 1.50 bits per heavy atom. The molecule has 0 spiro atoms.